The molecule has 18 heavy (non-hydrogen) atoms. The van der Waals surface area contributed by atoms with E-state index in [2.05, 4.69) is 17.3 Å². The summed E-state index contributed by atoms with van der Waals surface area (Å²) < 4.78 is 0. The number of anilines is 1. The topological polar surface area (TPSA) is 58.4 Å². The fourth-order valence-electron chi connectivity index (χ4n) is 1.86. The predicted octanol–water partition coefficient (Wildman–Crippen LogP) is 1.75. The van der Waals surface area contributed by atoms with Gasteiger partial charge in [0.1, 0.15) is 0 Å². The summed E-state index contributed by atoms with van der Waals surface area (Å²) in [5.41, 5.74) is 6.62. The molecule has 1 aliphatic carbocycles. The lowest BCUT2D eigenvalue weighted by Crippen LogP contribution is -2.34. The number of nitrogen functional groups attached to an aromatic ring is 1. The van der Waals surface area contributed by atoms with Crippen LogP contribution in [0.25, 0.3) is 0 Å². The Kier molecular flexibility index (Phi) is 4.09. The van der Waals surface area contributed by atoms with E-state index >= 15 is 0 Å². The van der Waals surface area contributed by atoms with Crippen LogP contribution in [0.1, 0.15) is 23.2 Å². The molecule has 3 N–H and O–H groups in total. The SMILES string of the molecule is CN(CCNC(=O)c1cc(N)ccc1Cl)C1CC1. The fourth-order valence-corrected chi connectivity index (χ4v) is 2.06. The van der Waals surface area contributed by atoms with E-state index in [9.17, 15) is 4.79 Å². The van der Waals surface area contributed by atoms with Crippen molar-refractivity contribution in [2.45, 2.75) is 18.9 Å². The van der Waals surface area contributed by atoms with E-state index in [0.29, 0.717) is 28.9 Å². The molecule has 4 nitrogen and oxygen atoms in total. The van der Waals surface area contributed by atoms with E-state index in [-0.39, 0.29) is 5.91 Å². The molecule has 98 valence electrons. The van der Waals surface area contributed by atoms with Crippen molar-refractivity contribution in [2.24, 2.45) is 0 Å². The molecule has 1 amide bonds. The minimum Gasteiger partial charge on any atom is -0.399 e. The van der Waals surface area contributed by atoms with Crippen LogP contribution in [0.3, 0.4) is 0 Å². The Labute approximate surface area is 112 Å². The summed E-state index contributed by atoms with van der Waals surface area (Å²) in [5.74, 6) is -0.170. The molecule has 0 radical (unpaired) electrons. The number of carbonyl (C=O) groups is 1. The van der Waals surface area contributed by atoms with Gasteiger partial charge in [-0.05, 0) is 38.1 Å². The summed E-state index contributed by atoms with van der Waals surface area (Å²) >= 11 is 5.97. The lowest BCUT2D eigenvalue weighted by Gasteiger charge is -2.16. The Morgan fingerprint density at radius 3 is 2.94 bits per heavy atom. The molecule has 1 fully saturated rings. The van der Waals surface area contributed by atoms with E-state index < -0.39 is 0 Å². The van der Waals surface area contributed by atoms with Crippen molar-refractivity contribution >= 4 is 23.2 Å². The molecule has 1 aromatic rings. The van der Waals surface area contributed by atoms with Crippen molar-refractivity contribution in [2.75, 3.05) is 25.9 Å². The van der Waals surface area contributed by atoms with Gasteiger partial charge in [-0.25, -0.2) is 0 Å². The number of halogens is 1. The Balaban J connectivity index is 1.85. The molecule has 1 saturated carbocycles. The van der Waals surface area contributed by atoms with Crippen LogP contribution in [0.2, 0.25) is 5.02 Å². The molecule has 0 unspecified atom stereocenters. The Morgan fingerprint density at radius 1 is 1.56 bits per heavy atom. The van der Waals surface area contributed by atoms with Crippen molar-refractivity contribution in [1.29, 1.82) is 0 Å². The van der Waals surface area contributed by atoms with Gasteiger partial charge in [0.15, 0.2) is 0 Å². The third-order valence-corrected chi connectivity index (χ3v) is 3.48. The van der Waals surface area contributed by atoms with Crippen LogP contribution >= 0.6 is 11.6 Å². The number of amides is 1. The van der Waals surface area contributed by atoms with Gasteiger partial charge in [-0.2, -0.15) is 0 Å². The second-order valence-electron chi connectivity index (χ2n) is 4.71. The van der Waals surface area contributed by atoms with Crippen LogP contribution in [0.4, 0.5) is 5.69 Å². The summed E-state index contributed by atoms with van der Waals surface area (Å²) in [4.78, 5) is 14.2. The standard InChI is InChI=1S/C13H18ClN3O/c1-17(10-3-4-10)7-6-16-13(18)11-8-9(15)2-5-12(11)14/h2,5,8,10H,3-4,6-7,15H2,1H3,(H,16,18). The smallest absolute Gasteiger partial charge is 0.252 e. The maximum absolute atomic E-state index is 11.9. The lowest BCUT2D eigenvalue weighted by molar-refractivity contribution is 0.0949. The maximum atomic E-state index is 11.9. The van der Waals surface area contributed by atoms with Gasteiger partial charge in [0.05, 0.1) is 10.6 Å². The highest BCUT2D eigenvalue weighted by atomic mass is 35.5. The van der Waals surface area contributed by atoms with Crippen LogP contribution in [0, 0.1) is 0 Å². The second kappa shape index (κ2) is 5.59. The molecule has 2 rings (SSSR count). The highest BCUT2D eigenvalue weighted by Gasteiger charge is 2.25. The van der Waals surface area contributed by atoms with Crippen LogP contribution < -0.4 is 11.1 Å². The molecule has 1 aliphatic rings. The maximum Gasteiger partial charge on any atom is 0.252 e. The second-order valence-corrected chi connectivity index (χ2v) is 5.11. The largest absolute Gasteiger partial charge is 0.399 e. The summed E-state index contributed by atoms with van der Waals surface area (Å²) in [6.45, 7) is 1.48. The molecule has 0 spiro atoms. The minimum absolute atomic E-state index is 0.170. The average Bonchev–Trinajstić information content (AvgIpc) is 3.16. The number of rotatable bonds is 5. The van der Waals surface area contributed by atoms with Crippen LogP contribution in [-0.4, -0.2) is 37.0 Å². The summed E-state index contributed by atoms with van der Waals surface area (Å²) in [6.07, 6.45) is 2.54. The normalized spacial score (nSPS) is 14.8. The van der Waals surface area contributed by atoms with Gasteiger partial charge in [0, 0.05) is 24.8 Å². The molecule has 0 saturated heterocycles. The highest BCUT2D eigenvalue weighted by Crippen LogP contribution is 2.24. The lowest BCUT2D eigenvalue weighted by atomic mass is 10.2. The molecular formula is C13H18ClN3O. The fraction of sp³-hybridized carbons (Fsp3) is 0.462. The average molecular weight is 268 g/mol. The van der Waals surface area contributed by atoms with Gasteiger partial charge in [0.2, 0.25) is 0 Å². The van der Waals surface area contributed by atoms with E-state index in [1.54, 1.807) is 18.2 Å². The minimum atomic E-state index is -0.170. The molecule has 0 atom stereocenters. The quantitative estimate of drug-likeness (QED) is 0.799. The van der Waals surface area contributed by atoms with E-state index in [0.717, 1.165) is 6.54 Å². The first kappa shape index (κ1) is 13.2. The highest BCUT2D eigenvalue weighted by molar-refractivity contribution is 6.34. The number of carbonyl (C=O) groups excluding carboxylic acids is 1. The van der Waals surface area contributed by atoms with Crippen molar-refractivity contribution in [3.8, 4) is 0 Å². The third kappa shape index (κ3) is 3.37. The summed E-state index contributed by atoms with van der Waals surface area (Å²) in [7, 11) is 2.08. The Hall–Kier alpha value is -1.26. The number of nitrogens with two attached hydrogens (primary N) is 1. The monoisotopic (exact) mass is 267 g/mol. The first-order valence-corrected chi connectivity index (χ1v) is 6.49. The zero-order valence-electron chi connectivity index (χ0n) is 10.4. The zero-order chi connectivity index (χ0) is 13.1. The van der Waals surface area contributed by atoms with Crippen LogP contribution in [0.15, 0.2) is 18.2 Å². The number of benzene rings is 1. The number of nitrogens with one attached hydrogen (secondary N) is 1. The van der Waals surface area contributed by atoms with Crippen molar-refractivity contribution in [3.05, 3.63) is 28.8 Å². The van der Waals surface area contributed by atoms with Gasteiger partial charge in [-0.3, -0.25) is 4.79 Å². The number of nitrogens with zero attached hydrogens (tertiary/aromatic N) is 1. The van der Waals surface area contributed by atoms with Crippen molar-refractivity contribution < 1.29 is 4.79 Å². The van der Waals surface area contributed by atoms with Crippen molar-refractivity contribution in [1.82, 2.24) is 10.2 Å². The predicted molar refractivity (Wildman–Crippen MR) is 73.8 cm³/mol. The molecule has 0 heterocycles. The molecular weight excluding hydrogens is 250 g/mol. The van der Waals surface area contributed by atoms with Crippen molar-refractivity contribution in [3.63, 3.8) is 0 Å². The molecule has 0 bridgehead atoms. The van der Waals surface area contributed by atoms with Gasteiger partial charge in [-0.1, -0.05) is 11.6 Å². The Morgan fingerprint density at radius 2 is 2.28 bits per heavy atom. The van der Waals surface area contributed by atoms with E-state index in [4.69, 9.17) is 17.3 Å². The Bertz CT molecular complexity index is 446. The number of hydrogen-bond donors (Lipinski definition) is 2. The molecule has 5 heteroatoms. The summed E-state index contributed by atoms with van der Waals surface area (Å²) in [6, 6.07) is 5.63. The van der Waals surface area contributed by atoms with E-state index in [1.807, 2.05) is 0 Å². The molecule has 1 aromatic carbocycles. The number of likely N-dealkylation sites (N-methyl/N-ethyl adjacent to an activating group) is 1. The van der Waals surface area contributed by atoms with E-state index in [1.165, 1.54) is 12.8 Å². The number of hydrogen-bond acceptors (Lipinski definition) is 3. The van der Waals surface area contributed by atoms with Crippen LogP contribution in [-0.2, 0) is 0 Å². The van der Waals surface area contributed by atoms with Gasteiger partial charge < -0.3 is 16.0 Å². The van der Waals surface area contributed by atoms with Crippen LogP contribution in [0.5, 0.6) is 0 Å². The first-order chi connectivity index (χ1) is 8.58. The molecule has 0 aromatic heterocycles. The summed E-state index contributed by atoms with van der Waals surface area (Å²) in [5, 5.41) is 3.29. The van der Waals surface area contributed by atoms with Gasteiger partial charge >= 0.3 is 0 Å². The van der Waals surface area contributed by atoms with Gasteiger partial charge in [-0.15, -0.1) is 0 Å². The van der Waals surface area contributed by atoms with Gasteiger partial charge in [0.25, 0.3) is 5.91 Å². The zero-order valence-corrected chi connectivity index (χ0v) is 11.2. The molecule has 0 aliphatic heterocycles. The first-order valence-electron chi connectivity index (χ1n) is 6.11. The third-order valence-electron chi connectivity index (χ3n) is 3.16.